The summed E-state index contributed by atoms with van der Waals surface area (Å²) < 4.78 is 1.72. The lowest BCUT2D eigenvalue weighted by Gasteiger charge is -2.34. The first-order valence-electron chi connectivity index (χ1n) is 7.37. The number of hydrogen-bond donors (Lipinski definition) is 1. The van der Waals surface area contributed by atoms with Crippen molar-refractivity contribution in [2.45, 2.75) is 44.9 Å². The molecule has 20 heavy (non-hydrogen) atoms. The highest BCUT2D eigenvalue weighted by Gasteiger charge is 2.61. The first-order chi connectivity index (χ1) is 9.47. The number of para-hydroxylation sites is 1. The highest BCUT2D eigenvalue weighted by Crippen LogP contribution is 2.66. The van der Waals surface area contributed by atoms with Gasteiger partial charge in [-0.25, -0.2) is 4.68 Å². The highest BCUT2D eigenvalue weighted by molar-refractivity contribution is 5.46. The summed E-state index contributed by atoms with van der Waals surface area (Å²) >= 11 is 0. The van der Waals surface area contributed by atoms with Crippen molar-refractivity contribution in [2.24, 2.45) is 5.41 Å². The van der Waals surface area contributed by atoms with Gasteiger partial charge in [0, 0.05) is 16.7 Å². The Morgan fingerprint density at radius 3 is 2.55 bits per heavy atom. The number of aromatic amines is 1. The molecule has 2 aliphatic carbocycles. The molecule has 1 saturated carbocycles. The smallest absolute Gasteiger partial charge is 0.274 e. The largest absolute Gasteiger partial charge is 0.294 e. The fourth-order valence-corrected chi connectivity index (χ4v) is 4.41. The van der Waals surface area contributed by atoms with Crippen molar-refractivity contribution in [1.29, 1.82) is 0 Å². The van der Waals surface area contributed by atoms with Gasteiger partial charge in [-0.05, 0) is 36.3 Å². The third-order valence-electron chi connectivity index (χ3n) is 6.07. The number of rotatable bonds is 1. The van der Waals surface area contributed by atoms with Crippen LogP contribution in [0.1, 0.15) is 50.8 Å². The number of H-pyrrole nitrogens is 1. The Morgan fingerprint density at radius 1 is 1.20 bits per heavy atom. The van der Waals surface area contributed by atoms with Crippen LogP contribution in [0.5, 0.6) is 0 Å². The van der Waals surface area contributed by atoms with E-state index in [-0.39, 0.29) is 16.4 Å². The molecule has 104 valence electrons. The number of nitrogens with zero attached hydrogens (tertiary/aromatic N) is 1. The number of aromatic nitrogens is 2. The van der Waals surface area contributed by atoms with Crippen LogP contribution in [-0.2, 0) is 5.41 Å². The van der Waals surface area contributed by atoms with E-state index in [0.29, 0.717) is 5.92 Å². The van der Waals surface area contributed by atoms with E-state index >= 15 is 0 Å². The van der Waals surface area contributed by atoms with Gasteiger partial charge in [-0.15, -0.1) is 0 Å². The minimum Gasteiger partial charge on any atom is -0.294 e. The van der Waals surface area contributed by atoms with Crippen molar-refractivity contribution in [3.8, 4) is 5.69 Å². The van der Waals surface area contributed by atoms with Gasteiger partial charge in [0.05, 0.1) is 5.69 Å². The molecule has 1 aromatic heterocycles. The summed E-state index contributed by atoms with van der Waals surface area (Å²) in [4.78, 5) is 12.8. The molecule has 2 atom stereocenters. The van der Waals surface area contributed by atoms with Crippen molar-refractivity contribution in [3.63, 3.8) is 0 Å². The quantitative estimate of drug-likeness (QED) is 0.846. The number of hydrogen-bond acceptors (Lipinski definition) is 1. The van der Waals surface area contributed by atoms with Gasteiger partial charge in [-0.2, -0.15) is 0 Å². The zero-order valence-electron chi connectivity index (χ0n) is 12.2. The summed E-state index contributed by atoms with van der Waals surface area (Å²) in [5, 5.41) is 3.41. The van der Waals surface area contributed by atoms with E-state index in [1.54, 1.807) is 4.68 Å². The molecule has 2 aromatic rings. The number of fused-ring (bicyclic) bond motifs is 5. The van der Waals surface area contributed by atoms with E-state index in [9.17, 15) is 4.79 Å². The Morgan fingerprint density at radius 2 is 1.90 bits per heavy atom. The van der Waals surface area contributed by atoms with Crippen LogP contribution in [0, 0.1) is 5.41 Å². The zero-order valence-corrected chi connectivity index (χ0v) is 12.2. The van der Waals surface area contributed by atoms with Crippen LogP contribution in [0.15, 0.2) is 35.1 Å². The predicted octanol–water partition coefficient (Wildman–Crippen LogP) is 3.34. The van der Waals surface area contributed by atoms with E-state index in [0.717, 1.165) is 17.7 Å². The van der Waals surface area contributed by atoms with Crippen molar-refractivity contribution in [2.75, 3.05) is 0 Å². The van der Waals surface area contributed by atoms with Gasteiger partial charge in [0.25, 0.3) is 5.56 Å². The Bertz CT molecular complexity index is 738. The molecular formula is C17H20N2O. The van der Waals surface area contributed by atoms with Gasteiger partial charge >= 0.3 is 0 Å². The first-order valence-corrected chi connectivity index (χ1v) is 7.37. The lowest BCUT2D eigenvalue weighted by molar-refractivity contribution is 0.224. The SMILES string of the molecule is CC1(C)C2CC[C@]1(C)c1[nH]n(-c3ccccc3)c(=O)c12. The summed E-state index contributed by atoms with van der Waals surface area (Å²) in [6, 6.07) is 9.85. The maximum atomic E-state index is 12.8. The average molecular weight is 268 g/mol. The summed E-state index contributed by atoms with van der Waals surface area (Å²) in [6.45, 7) is 6.93. The fourth-order valence-electron chi connectivity index (χ4n) is 4.41. The molecular weight excluding hydrogens is 248 g/mol. The second-order valence-corrected chi connectivity index (χ2v) is 7.02. The summed E-state index contributed by atoms with van der Waals surface area (Å²) in [7, 11) is 0. The predicted molar refractivity (Wildman–Crippen MR) is 79.5 cm³/mol. The molecule has 2 bridgehead atoms. The molecule has 2 aliphatic rings. The standard InChI is InChI=1S/C17H20N2O/c1-16(2)12-9-10-17(16,3)14-13(12)15(20)19(18-14)11-7-5-4-6-8-11/h4-8,12,18H,9-10H2,1-3H3/t12?,17-/m1/s1. The minimum atomic E-state index is 0.103. The molecule has 1 fully saturated rings. The lowest BCUT2D eigenvalue weighted by atomic mass is 9.70. The second-order valence-electron chi connectivity index (χ2n) is 7.02. The first kappa shape index (κ1) is 12.0. The summed E-state index contributed by atoms with van der Waals surface area (Å²) in [5.74, 6) is 0.399. The van der Waals surface area contributed by atoms with Gasteiger partial charge in [0.2, 0.25) is 0 Å². The molecule has 3 heteroatoms. The minimum absolute atomic E-state index is 0.103. The molecule has 0 radical (unpaired) electrons. The Labute approximate surface area is 118 Å². The molecule has 0 amide bonds. The Kier molecular flexibility index (Phi) is 2.08. The third kappa shape index (κ3) is 1.15. The van der Waals surface area contributed by atoms with Crippen LogP contribution < -0.4 is 5.56 Å². The monoisotopic (exact) mass is 268 g/mol. The van der Waals surface area contributed by atoms with Crippen LogP contribution in [0.4, 0.5) is 0 Å². The molecule has 4 rings (SSSR count). The van der Waals surface area contributed by atoms with Gasteiger partial charge in [0.1, 0.15) is 0 Å². The second kappa shape index (κ2) is 3.46. The van der Waals surface area contributed by atoms with Crippen molar-refractivity contribution in [1.82, 2.24) is 9.78 Å². The van der Waals surface area contributed by atoms with Gasteiger partial charge in [-0.3, -0.25) is 9.89 Å². The normalized spacial score (nSPS) is 29.6. The van der Waals surface area contributed by atoms with Gasteiger partial charge < -0.3 is 0 Å². The topological polar surface area (TPSA) is 37.8 Å². The number of benzene rings is 1. The van der Waals surface area contributed by atoms with Crippen molar-refractivity contribution >= 4 is 0 Å². The van der Waals surface area contributed by atoms with E-state index < -0.39 is 0 Å². The lowest BCUT2D eigenvalue weighted by Crippen LogP contribution is -2.33. The summed E-state index contributed by atoms with van der Waals surface area (Å²) in [6.07, 6.45) is 2.31. The molecule has 1 unspecified atom stereocenters. The number of nitrogens with one attached hydrogen (secondary N) is 1. The molecule has 0 spiro atoms. The highest BCUT2D eigenvalue weighted by atomic mass is 16.1. The molecule has 1 aromatic carbocycles. The zero-order chi connectivity index (χ0) is 14.1. The van der Waals surface area contributed by atoms with E-state index in [2.05, 4.69) is 25.9 Å². The van der Waals surface area contributed by atoms with Crippen LogP contribution in [0.2, 0.25) is 0 Å². The van der Waals surface area contributed by atoms with Crippen LogP contribution >= 0.6 is 0 Å². The van der Waals surface area contributed by atoms with Crippen molar-refractivity contribution in [3.05, 3.63) is 51.9 Å². The van der Waals surface area contributed by atoms with E-state index in [1.165, 1.54) is 12.1 Å². The van der Waals surface area contributed by atoms with Crippen LogP contribution in [0.25, 0.3) is 5.69 Å². The molecule has 0 saturated heterocycles. The van der Waals surface area contributed by atoms with E-state index in [1.807, 2.05) is 30.3 Å². The maximum Gasteiger partial charge on any atom is 0.274 e. The Hall–Kier alpha value is -1.77. The average Bonchev–Trinajstić information content (AvgIpc) is 2.95. The molecule has 0 aliphatic heterocycles. The van der Waals surface area contributed by atoms with Crippen LogP contribution in [-0.4, -0.2) is 9.78 Å². The van der Waals surface area contributed by atoms with Gasteiger partial charge in [0.15, 0.2) is 0 Å². The molecule has 1 heterocycles. The van der Waals surface area contributed by atoms with Gasteiger partial charge in [-0.1, -0.05) is 39.0 Å². The Balaban J connectivity index is 1.97. The maximum absolute atomic E-state index is 12.8. The van der Waals surface area contributed by atoms with Crippen molar-refractivity contribution < 1.29 is 0 Å². The van der Waals surface area contributed by atoms with E-state index in [4.69, 9.17) is 0 Å². The molecule has 3 nitrogen and oxygen atoms in total. The third-order valence-corrected chi connectivity index (χ3v) is 6.07. The molecule has 1 N–H and O–H groups in total. The fraction of sp³-hybridized carbons (Fsp3) is 0.471. The van der Waals surface area contributed by atoms with Crippen LogP contribution in [0.3, 0.4) is 0 Å². The summed E-state index contributed by atoms with van der Waals surface area (Å²) in [5.41, 5.74) is 3.57.